The zero-order chi connectivity index (χ0) is 16.1. The predicted octanol–water partition coefficient (Wildman–Crippen LogP) is 2.38. The molecule has 120 valence electrons. The van der Waals surface area contributed by atoms with Crippen molar-refractivity contribution >= 4 is 7.12 Å². The fourth-order valence-electron chi connectivity index (χ4n) is 1.85. The minimum absolute atomic E-state index is 0.419. The van der Waals surface area contributed by atoms with Gasteiger partial charge in [0.2, 0.25) is 0 Å². The topological polar surface area (TPSA) is 46.2 Å². The van der Waals surface area contributed by atoms with E-state index in [1.165, 1.54) is 0 Å². The monoisotopic (exact) mass is 298 g/mol. The Morgan fingerprint density at radius 2 is 1.24 bits per heavy atom. The highest BCUT2D eigenvalue weighted by Gasteiger charge is 2.51. The second kappa shape index (κ2) is 7.12. The van der Waals surface area contributed by atoms with Gasteiger partial charge in [0.25, 0.3) is 0 Å². The van der Waals surface area contributed by atoms with E-state index in [2.05, 4.69) is 11.7 Å². The number of ether oxygens (including phenoxy) is 3. The molecule has 0 radical (unpaired) electrons. The van der Waals surface area contributed by atoms with Crippen LogP contribution < -0.4 is 0 Å². The summed E-state index contributed by atoms with van der Waals surface area (Å²) in [5.74, 6) is 4.45. The summed E-state index contributed by atoms with van der Waals surface area (Å²) in [4.78, 5) is 0. The maximum absolute atomic E-state index is 5.83. The molecule has 0 aromatic rings. The van der Waals surface area contributed by atoms with Crippen molar-refractivity contribution in [2.75, 3.05) is 19.8 Å². The highest BCUT2D eigenvalue weighted by Crippen LogP contribution is 2.36. The minimum atomic E-state index is -1.36. The molecule has 0 unspecified atom stereocenters. The van der Waals surface area contributed by atoms with Gasteiger partial charge in [-0.2, -0.15) is 0 Å². The number of hydrogen-bond donors (Lipinski definition) is 0. The van der Waals surface area contributed by atoms with Crippen LogP contribution >= 0.6 is 0 Å². The van der Waals surface area contributed by atoms with Gasteiger partial charge in [0.15, 0.2) is 0 Å². The van der Waals surface area contributed by atoms with Crippen LogP contribution in [0.25, 0.3) is 0 Å². The largest absolute Gasteiger partial charge is 0.551 e. The summed E-state index contributed by atoms with van der Waals surface area (Å²) < 4.78 is 28.3. The molecule has 0 aromatic carbocycles. The molecule has 1 rings (SSSR count). The summed E-state index contributed by atoms with van der Waals surface area (Å²) in [7, 11) is -0.629. The molecule has 0 saturated carbocycles. The SMILES string of the molecule is CCOC(C#CB1OC(C)(C)C(C)(C)O1)(OCC)OCC. The lowest BCUT2D eigenvalue weighted by molar-refractivity contribution is -0.339. The molecule has 1 saturated heterocycles. The van der Waals surface area contributed by atoms with Crippen molar-refractivity contribution in [3.05, 3.63) is 0 Å². The van der Waals surface area contributed by atoms with Gasteiger partial charge < -0.3 is 23.5 Å². The van der Waals surface area contributed by atoms with E-state index in [0.717, 1.165) is 0 Å². The van der Waals surface area contributed by atoms with E-state index >= 15 is 0 Å². The smallest absolute Gasteiger partial charge is 0.392 e. The molecular formula is C15H27BO5. The van der Waals surface area contributed by atoms with Gasteiger partial charge >= 0.3 is 13.1 Å². The van der Waals surface area contributed by atoms with Gasteiger partial charge in [0.05, 0.1) is 31.0 Å². The van der Waals surface area contributed by atoms with Crippen molar-refractivity contribution in [3.63, 3.8) is 0 Å². The zero-order valence-electron chi connectivity index (χ0n) is 14.2. The Balaban J connectivity index is 2.90. The first-order valence-corrected chi connectivity index (χ1v) is 7.52. The Bertz CT molecular complexity index is 364. The average Bonchev–Trinajstić information content (AvgIpc) is 2.56. The van der Waals surface area contributed by atoms with Gasteiger partial charge in [-0.1, -0.05) is 5.82 Å². The third-order valence-corrected chi connectivity index (χ3v) is 3.60. The van der Waals surface area contributed by atoms with Crippen molar-refractivity contribution in [3.8, 4) is 11.7 Å². The Morgan fingerprint density at radius 3 is 1.57 bits per heavy atom. The lowest BCUT2D eigenvalue weighted by Gasteiger charge is -2.32. The highest BCUT2D eigenvalue weighted by molar-refractivity contribution is 6.55. The van der Waals surface area contributed by atoms with Crippen molar-refractivity contribution in [1.82, 2.24) is 0 Å². The third kappa shape index (κ3) is 4.45. The number of rotatable bonds is 6. The first-order valence-electron chi connectivity index (χ1n) is 7.52. The lowest BCUT2D eigenvalue weighted by Crippen LogP contribution is -2.41. The van der Waals surface area contributed by atoms with Gasteiger partial charge in [0, 0.05) is 0 Å². The number of hydrogen-bond acceptors (Lipinski definition) is 5. The van der Waals surface area contributed by atoms with E-state index in [9.17, 15) is 0 Å². The summed E-state index contributed by atoms with van der Waals surface area (Å²) in [5.41, 5.74) is -0.838. The second-order valence-electron chi connectivity index (χ2n) is 5.71. The van der Waals surface area contributed by atoms with Gasteiger partial charge in [-0.25, -0.2) is 0 Å². The Kier molecular flexibility index (Phi) is 6.27. The molecule has 0 spiro atoms. The maximum Gasteiger partial charge on any atom is 0.551 e. The van der Waals surface area contributed by atoms with Crippen molar-refractivity contribution < 1.29 is 23.5 Å². The molecule has 1 heterocycles. The second-order valence-corrected chi connectivity index (χ2v) is 5.71. The van der Waals surface area contributed by atoms with Crippen LogP contribution in [-0.4, -0.2) is 44.1 Å². The highest BCUT2D eigenvalue weighted by atomic mass is 16.9. The van der Waals surface area contributed by atoms with Gasteiger partial charge in [-0.15, -0.1) is 0 Å². The molecule has 0 bridgehead atoms. The maximum atomic E-state index is 5.83. The Labute approximate surface area is 128 Å². The molecule has 0 N–H and O–H groups in total. The molecule has 0 amide bonds. The Hall–Kier alpha value is -0.575. The zero-order valence-corrected chi connectivity index (χ0v) is 14.2. The molecule has 0 aromatic heterocycles. The predicted molar refractivity (Wildman–Crippen MR) is 81.5 cm³/mol. The first kappa shape index (κ1) is 18.5. The third-order valence-electron chi connectivity index (χ3n) is 3.60. The van der Waals surface area contributed by atoms with Crippen LogP contribution in [0.3, 0.4) is 0 Å². The molecule has 1 aliphatic heterocycles. The summed E-state index contributed by atoms with van der Waals surface area (Å²) in [6, 6.07) is 0. The molecule has 0 atom stereocenters. The lowest BCUT2D eigenvalue weighted by atomic mass is 9.90. The summed E-state index contributed by atoms with van der Waals surface area (Å²) in [6.45, 7) is 14.8. The fraction of sp³-hybridized carbons (Fsp3) is 0.867. The molecular weight excluding hydrogens is 271 g/mol. The van der Waals surface area contributed by atoms with E-state index in [1.807, 2.05) is 48.5 Å². The van der Waals surface area contributed by atoms with Crippen LogP contribution in [0.4, 0.5) is 0 Å². The van der Waals surface area contributed by atoms with Crippen LogP contribution in [-0.2, 0) is 23.5 Å². The summed E-state index contributed by atoms with van der Waals surface area (Å²) in [6.07, 6.45) is 0. The molecule has 1 fully saturated rings. The summed E-state index contributed by atoms with van der Waals surface area (Å²) in [5, 5.41) is 0. The molecule has 21 heavy (non-hydrogen) atoms. The van der Waals surface area contributed by atoms with E-state index in [1.54, 1.807) is 0 Å². The minimum Gasteiger partial charge on any atom is -0.392 e. The molecule has 0 aliphatic carbocycles. The van der Waals surface area contributed by atoms with Crippen LogP contribution in [0.5, 0.6) is 0 Å². The quantitative estimate of drug-likeness (QED) is 0.428. The molecule has 1 aliphatic rings. The molecule has 6 heteroatoms. The van der Waals surface area contributed by atoms with E-state index < -0.39 is 24.3 Å². The van der Waals surface area contributed by atoms with Crippen LogP contribution in [0, 0.1) is 11.7 Å². The van der Waals surface area contributed by atoms with Gasteiger partial charge in [-0.05, 0) is 54.4 Å². The fourth-order valence-corrected chi connectivity index (χ4v) is 1.85. The molecule has 5 nitrogen and oxygen atoms in total. The van der Waals surface area contributed by atoms with Crippen LogP contribution in [0.2, 0.25) is 0 Å². The van der Waals surface area contributed by atoms with E-state index in [4.69, 9.17) is 23.5 Å². The Morgan fingerprint density at radius 1 is 0.857 bits per heavy atom. The van der Waals surface area contributed by atoms with Crippen molar-refractivity contribution in [1.29, 1.82) is 0 Å². The van der Waals surface area contributed by atoms with Gasteiger partial charge in [0.1, 0.15) is 0 Å². The van der Waals surface area contributed by atoms with Crippen molar-refractivity contribution in [2.24, 2.45) is 0 Å². The van der Waals surface area contributed by atoms with Crippen LogP contribution in [0.15, 0.2) is 0 Å². The van der Waals surface area contributed by atoms with E-state index in [-0.39, 0.29) is 0 Å². The standard InChI is InChI=1S/C15H27BO5/c1-8-17-15(18-9-2,19-10-3)11-12-16-20-13(4,5)14(6,7)21-16/h8-10H2,1-7H3. The normalized spacial score (nSPS) is 20.2. The van der Waals surface area contributed by atoms with Crippen LogP contribution in [0.1, 0.15) is 48.5 Å². The first-order chi connectivity index (χ1) is 9.72. The summed E-state index contributed by atoms with van der Waals surface area (Å²) >= 11 is 0. The van der Waals surface area contributed by atoms with Crippen molar-refractivity contribution in [2.45, 2.75) is 65.6 Å². The average molecular weight is 298 g/mol. The van der Waals surface area contributed by atoms with E-state index in [0.29, 0.717) is 19.8 Å². The van der Waals surface area contributed by atoms with Gasteiger partial charge in [-0.3, -0.25) is 0 Å².